The fourth-order valence-corrected chi connectivity index (χ4v) is 4.33. The number of nitrogens with zero attached hydrogens (tertiary/aromatic N) is 1. The average Bonchev–Trinajstić information content (AvgIpc) is 2.66. The van der Waals surface area contributed by atoms with E-state index in [4.69, 9.17) is 14.2 Å². The fourth-order valence-electron chi connectivity index (χ4n) is 4.33. The molecule has 26 heavy (non-hydrogen) atoms. The van der Waals surface area contributed by atoms with Crippen molar-refractivity contribution < 1.29 is 24.4 Å². The van der Waals surface area contributed by atoms with Crippen LogP contribution >= 0.6 is 0 Å². The van der Waals surface area contributed by atoms with Gasteiger partial charge in [-0.1, -0.05) is 0 Å². The first-order valence-electron chi connectivity index (χ1n) is 8.61. The molecule has 0 saturated heterocycles. The van der Waals surface area contributed by atoms with Gasteiger partial charge in [0, 0.05) is 35.3 Å². The van der Waals surface area contributed by atoms with Crippen molar-refractivity contribution in [2.75, 3.05) is 34.9 Å². The molecule has 1 aliphatic heterocycles. The van der Waals surface area contributed by atoms with Gasteiger partial charge in [0.15, 0.2) is 23.0 Å². The molecule has 6 heteroatoms. The number of aromatic hydroxyl groups is 2. The monoisotopic (exact) mass is 357 g/mol. The number of phenolic OH excluding ortho intramolecular Hbond substituents is 2. The summed E-state index contributed by atoms with van der Waals surface area (Å²) in [6.07, 6.45) is 1.51. The van der Waals surface area contributed by atoms with Gasteiger partial charge in [-0.25, -0.2) is 0 Å². The van der Waals surface area contributed by atoms with Gasteiger partial charge >= 0.3 is 0 Å². The minimum Gasteiger partial charge on any atom is -0.508 e. The van der Waals surface area contributed by atoms with Gasteiger partial charge in [-0.2, -0.15) is 0 Å². The van der Waals surface area contributed by atoms with Crippen LogP contribution in [-0.2, 0) is 12.8 Å². The van der Waals surface area contributed by atoms with Gasteiger partial charge < -0.3 is 24.4 Å². The second-order valence-electron chi connectivity index (χ2n) is 6.81. The predicted octanol–water partition coefficient (Wildman–Crippen LogP) is 2.88. The summed E-state index contributed by atoms with van der Waals surface area (Å²) >= 11 is 0. The van der Waals surface area contributed by atoms with E-state index in [0.717, 1.165) is 24.1 Å². The third-order valence-corrected chi connectivity index (χ3v) is 5.61. The Labute approximate surface area is 152 Å². The van der Waals surface area contributed by atoms with Gasteiger partial charge in [0.2, 0.25) is 0 Å². The molecular formula is C20H23NO5. The molecule has 0 spiro atoms. The van der Waals surface area contributed by atoms with Crippen LogP contribution in [0.15, 0.2) is 12.1 Å². The van der Waals surface area contributed by atoms with Crippen molar-refractivity contribution in [3.05, 3.63) is 28.8 Å². The third kappa shape index (κ3) is 2.15. The number of rotatable bonds is 3. The number of hydrogen-bond acceptors (Lipinski definition) is 6. The molecule has 0 aromatic heterocycles. The number of ether oxygens (including phenoxy) is 3. The Balaban J connectivity index is 2.15. The van der Waals surface area contributed by atoms with E-state index in [0.29, 0.717) is 29.0 Å². The molecule has 4 rings (SSSR count). The third-order valence-electron chi connectivity index (χ3n) is 5.61. The van der Waals surface area contributed by atoms with Crippen LogP contribution in [0.4, 0.5) is 0 Å². The molecule has 138 valence electrons. The normalized spacial score (nSPS) is 18.1. The molecule has 0 radical (unpaired) electrons. The molecular weight excluding hydrogens is 334 g/mol. The minimum atomic E-state index is 0.0146. The molecule has 1 unspecified atom stereocenters. The fraction of sp³-hybridized carbons (Fsp3) is 0.400. The summed E-state index contributed by atoms with van der Waals surface area (Å²) < 4.78 is 16.5. The lowest BCUT2D eigenvalue weighted by molar-refractivity contribution is 0.224. The van der Waals surface area contributed by atoms with Gasteiger partial charge in [-0.15, -0.1) is 0 Å². The van der Waals surface area contributed by atoms with Crippen molar-refractivity contribution in [2.45, 2.75) is 18.9 Å². The first-order chi connectivity index (χ1) is 12.5. The molecule has 2 aliphatic rings. The molecule has 2 N–H and O–H groups in total. The summed E-state index contributed by atoms with van der Waals surface area (Å²) in [7, 11) is 6.75. The van der Waals surface area contributed by atoms with Crippen LogP contribution in [0, 0.1) is 0 Å². The maximum absolute atomic E-state index is 10.9. The highest BCUT2D eigenvalue weighted by Gasteiger charge is 2.39. The van der Waals surface area contributed by atoms with E-state index in [-0.39, 0.29) is 23.3 Å². The van der Waals surface area contributed by atoms with Crippen molar-refractivity contribution >= 4 is 0 Å². The smallest absolute Gasteiger partial charge is 0.169 e. The predicted molar refractivity (Wildman–Crippen MR) is 97.6 cm³/mol. The van der Waals surface area contributed by atoms with E-state index in [1.54, 1.807) is 14.2 Å². The highest BCUT2D eigenvalue weighted by molar-refractivity contribution is 5.89. The Morgan fingerprint density at radius 2 is 1.73 bits per heavy atom. The number of methoxy groups -OCH3 is 3. The molecule has 1 heterocycles. The number of likely N-dealkylation sites (N-methyl/N-ethyl adjacent to an activating group) is 1. The highest BCUT2D eigenvalue weighted by Crippen LogP contribution is 2.57. The summed E-state index contributed by atoms with van der Waals surface area (Å²) in [5.41, 5.74) is 4.37. The summed E-state index contributed by atoms with van der Waals surface area (Å²) in [5, 5.41) is 21.5. The molecule has 6 nitrogen and oxygen atoms in total. The summed E-state index contributed by atoms with van der Waals surface area (Å²) in [4.78, 5) is 2.28. The highest BCUT2D eigenvalue weighted by atomic mass is 16.5. The molecule has 2 aromatic carbocycles. The summed E-state index contributed by atoms with van der Waals surface area (Å²) in [6, 6.07) is 3.61. The second-order valence-corrected chi connectivity index (χ2v) is 6.81. The Hall–Kier alpha value is -2.60. The van der Waals surface area contributed by atoms with Crippen molar-refractivity contribution in [3.63, 3.8) is 0 Å². The molecule has 0 bridgehead atoms. The van der Waals surface area contributed by atoms with Crippen LogP contribution in [0.3, 0.4) is 0 Å². The van der Waals surface area contributed by atoms with Crippen LogP contribution in [0.2, 0.25) is 0 Å². The Morgan fingerprint density at radius 3 is 2.38 bits per heavy atom. The van der Waals surface area contributed by atoms with Crippen LogP contribution in [0.5, 0.6) is 28.7 Å². The molecule has 0 saturated carbocycles. The van der Waals surface area contributed by atoms with Crippen molar-refractivity contribution in [3.8, 4) is 39.9 Å². The van der Waals surface area contributed by atoms with E-state index in [9.17, 15) is 10.2 Å². The van der Waals surface area contributed by atoms with Crippen LogP contribution in [-0.4, -0.2) is 50.0 Å². The van der Waals surface area contributed by atoms with Gasteiger partial charge in [-0.3, -0.25) is 4.90 Å². The zero-order chi connectivity index (χ0) is 18.6. The van der Waals surface area contributed by atoms with Crippen LogP contribution in [0.25, 0.3) is 11.1 Å². The lowest BCUT2D eigenvalue weighted by Gasteiger charge is -2.40. The van der Waals surface area contributed by atoms with E-state index >= 15 is 0 Å². The van der Waals surface area contributed by atoms with Gasteiger partial charge in [-0.05, 0) is 37.1 Å². The molecule has 2 aromatic rings. The first-order valence-corrected chi connectivity index (χ1v) is 8.61. The van der Waals surface area contributed by atoms with Crippen LogP contribution < -0.4 is 14.2 Å². The average molecular weight is 357 g/mol. The van der Waals surface area contributed by atoms with E-state index in [2.05, 4.69) is 11.9 Å². The van der Waals surface area contributed by atoms with Gasteiger partial charge in [0.25, 0.3) is 0 Å². The molecule has 1 atom stereocenters. The number of hydrogen-bond donors (Lipinski definition) is 2. The van der Waals surface area contributed by atoms with Crippen molar-refractivity contribution in [1.82, 2.24) is 4.90 Å². The Morgan fingerprint density at radius 1 is 1.00 bits per heavy atom. The largest absolute Gasteiger partial charge is 0.508 e. The van der Waals surface area contributed by atoms with Gasteiger partial charge in [0.05, 0.1) is 21.3 Å². The first kappa shape index (κ1) is 16.8. The number of fused-ring (bicyclic) bond motifs is 2. The quantitative estimate of drug-likeness (QED) is 0.823. The van der Waals surface area contributed by atoms with Crippen molar-refractivity contribution in [1.29, 1.82) is 0 Å². The maximum Gasteiger partial charge on any atom is 0.169 e. The zero-order valence-electron chi connectivity index (χ0n) is 15.4. The van der Waals surface area contributed by atoms with E-state index < -0.39 is 0 Å². The van der Waals surface area contributed by atoms with E-state index in [1.807, 2.05) is 6.07 Å². The number of phenols is 2. The minimum absolute atomic E-state index is 0.0146. The lowest BCUT2D eigenvalue weighted by atomic mass is 9.76. The summed E-state index contributed by atoms with van der Waals surface area (Å²) in [6.45, 7) is 0.921. The lowest BCUT2D eigenvalue weighted by Crippen LogP contribution is -2.35. The SMILES string of the molecule is COc1cc(O)c2c(c1O)-c1c(OC)c(OC)cc3c1C(C2)N(C)CC3. The topological polar surface area (TPSA) is 71.4 Å². The Kier molecular flexibility index (Phi) is 3.88. The molecule has 1 aliphatic carbocycles. The molecule has 0 amide bonds. The van der Waals surface area contributed by atoms with Crippen molar-refractivity contribution in [2.24, 2.45) is 0 Å². The standard InChI is InChI=1S/C20H23NO5/c1-21-6-5-10-7-15(25-3)20(26-4)18-16(10)12(21)8-11-13(22)9-14(24-2)19(23)17(11)18/h7,9,12,22-23H,5-6,8H2,1-4H3. The van der Waals surface area contributed by atoms with Crippen LogP contribution in [0.1, 0.15) is 22.7 Å². The maximum atomic E-state index is 10.9. The summed E-state index contributed by atoms with van der Waals surface area (Å²) in [5.74, 6) is 1.56. The Bertz CT molecular complexity index is 893. The molecule has 0 fully saturated rings. The van der Waals surface area contributed by atoms with E-state index in [1.165, 1.54) is 18.7 Å². The zero-order valence-corrected chi connectivity index (χ0v) is 15.4. The second kappa shape index (κ2) is 5.99. The number of benzene rings is 2. The van der Waals surface area contributed by atoms with Gasteiger partial charge in [0.1, 0.15) is 5.75 Å².